The highest BCUT2D eigenvalue weighted by molar-refractivity contribution is 7.91. The third-order valence-electron chi connectivity index (χ3n) is 5.75. The van der Waals surface area contributed by atoms with Gasteiger partial charge in [0.1, 0.15) is 5.69 Å². The maximum Gasteiger partial charge on any atom is 0.418 e. The molecule has 3 heterocycles. The molecule has 3 aromatic heterocycles. The van der Waals surface area contributed by atoms with E-state index in [4.69, 9.17) is 4.74 Å². The third-order valence-corrected chi connectivity index (χ3v) is 7.68. The second-order valence-electron chi connectivity index (χ2n) is 9.50. The van der Waals surface area contributed by atoms with Crippen LogP contribution in [0.15, 0.2) is 65.7 Å². The lowest BCUT2D eigenvalue weighted by Crippen LogP contribution is -2.09. The Hall–Kier alpha value is -3.57. The number of aromatic nitrogens is 3. The molecule has 0 unspecified atom stereocenters. The molecule has 0 amide bonds. The maximum atomic E-state index is 13.6. The second kappa shape index (κ2) is 11.7. The summed E-state index contributed by atoms with van der Waals surface area (Å²) in [7, 11) is -3.35. The molecule has 0 radical (unpaired) electrons. The zero-order valence-electron chi connectivity index (χ0n) is 21.8. The van der Waals surface area contributed by atoms with Crippen molar-refractivity contribution < 1.29 is 26.3 Å². The van der Waals surface area contributed by atoms with Crippen LogP contribution in [0.1, 0.15) is 38.4 Å². The van der Waals surface area contributed by atoms with E-state index in [2.05, 4.69) is 20.3 Å². The fourth-order valence-corrected chi connectivity index (χ4v) is 5.31. The number of nitrogens with zero attached hydrogens (tertiary/aromatic N) is 3. The van der Waals surface area contributed by atoms with Crippen LogP contribution in [0.2, 0.25) is 0 Å². The Labute approximate surface area is 225 Å². The molecule has 11 heteroatoms. The topological polar surface area (TPSA) is 94.1 Å². The van der Waals surface area contributed by atoms with Crippen molar-refractivity contribution in [2.45, 2.75) is 44.9 Å². The first kappa shape index (κ1) is 28.4. The zero-order valence-corrected chi connectivity index (χ0v) is 22.6. The standard InChI is InChI=1S/C28H29F3N4O3S/c1-4-14-39(36,37)21-9-7-19(8-10-21)33-25-15-20(17-38-16-18(2)3)34-27-22(25)11-12-24(35-27)26-23(28(29,30)31)6-5-13-32-26/h5-13,15,18H,4,14,16-17H2,1-3H3,(H,33,34,35). The van der Waals surface area contributed by atoms with Crippen LogP contribution in [0.25, 0.3) is 22.4 Å². The van der Waals surface area contributed by atoms with Crippen molar-refractivity contribution in [3.63, 3.8) is 0 Å². The van der Waals surface area contributed by atoms with Crippen LogP contribution < -0.4 is 5.32 Å². The molecule has 39 heavy (non-hydrogen) atoms. The van der Waals surface area contributed by atoms with Gasteiger partial charge in [-0.15, -0.1) is 0 Å². The molecule has 4 rings (SSSR count). The van der Waals surface area contributed by atoms with Gasteiger partial charge in [-0.1, -0.05) is 20.8 Å². The van der Waals surface area contributed by atoms with Crippen molar-refractivity contribution in [1.29, 1.82) is 0 Å². The van der Waals surface area contributed by atoms with Gasteiger partial charge in [0.05, 0.1) is 39.9 Å². The van der Waals surface area contributed by atoms with Crippen LogP contribution in [0.5, 0.6) is 0 Å². The van der Waals surface area contributed by atoms with Crippen LogP contribution in [0.3, 0.4) is 0 Å². The van der Waals surface area contributed by atoms with Crippen molar-refractivity contribution in [3.05, 3.63) is 72.1 Å². The first-order valence-corrected chi connectivity index (χ1v) is 14.1. The van der Waals surface area contributed by atoms with E-state index < -0.39 is 21.6 Å². The molecule has 0 aliphatic rings. The van der Waals surface area contributed by atoms with Crippen LogP contribution in [-0.2, 0) is 27.4 Å². The number of sulfone groups is 1. The summed E-state index contributed by atoms with van der Waals surface area (Å²) in [6, 6.07) is 13.5. The zero-order chi connectivity index (χ0) is 28.2. The highest BCUT2D eigenvalue weighted by Gasteiger charge is 2.34. The van der Waals surface area contributed by atoms with Gasteiger partial charge in [-0.25, -0.2) is 18.4 Å². The first-order valence-electron chi connectivity index (χ1n) is 12.5. The molecule has 0 atom stereocenters. The summed E-state index contributed by atoms with van der Waals surface area (Å²) in [6.07, 6.45) is -2.79. The van der Waals surface area contributed by atoms with E-state index in [-0.39, 0.29) is 34.3 Å². The second-order valence-corrected chi connectivity index (χ2v) is 11.6. The van der Waals surface area contributed by atoms with Gasteiger partial charge in [0, 0.05) is 23.9 Å². The Morgan fingerprint density at radius 3 is 2.44 bits per heavy atom. The highest BCUT2D eigenvalue weighted by Crippen LogP contribution is 2.36. The van der Waals surface area contributed by atoms with Gasteiger partial charge in [-0.05, 0) is 66.9 Å². The van der Waals surface area contributed by atoms with Gasteiger partial charge in [-0.3, -0.25) is 4.98 Å². The average molecular weight is 559 g/mol. The molecular formula is C28H29F3N4O3S. The van der Waals surface area contributed by atoms with Gasteiger partial charge in [-0.2, -0.15) is 13.2 Å². The summed E-state index contributed by atoms with van der Waals surface area (Å²) in [4.78, 5) is 13.2. The normalized spacial score (nSPS) is 12.3. The molecule has 4 aromatic rings. The SMILES string of the molecule is CCCS(=O)(=O)c1ccc(Nc2cc(COCC(C)C)nc3nc(-c4ncccc4C(F)(F)F)ccc23)cc1. The van der Waals surface area contributed by atoms with Gasteiger partial charge in [0.25, 0.3) is 0 Å². The molecule has 0 aliphatic heterocycles. The predicted molar refractivity (Wildman–Crippen MR) is 144 cm³/mol. The number of fused-ring (bicyclic) bond motifs is 1. The smallest absolute Gasteiger partial charge is 0.375 e. The maximum absolute atomic E-state index is 13.6. The highest BCUT2D eigenvalue weighted by atomic mass is 32.2. The minimum atomic E-state index is -4.59. The summed E-state index contributed by atoms with van der Waals surface area (Å²) in [5, 5.41) is 3.83. The summed E-state index contributed by atoms with van der Waals surface area (Å²) >= 11 is 0. The fraction of sp³-hybridized carbons (Fsp3) is 0.321. The quantitative estimate of drug-likeness (QED) is 0.228. The van der Waals surface area contributed by atoms with Crippen molar-refractivity contribution in [1.82, 2.24) is 15.0 Å². The number of anilines is 2. The summed E-state index contributed by atoms with van der Waals surface area (Å²) < 4.78 is 71.4. The summed E-state index contributed by atoms with van der Waals surface area (Å²) in [5.41, 5.74) is 0.859. The van der Waals surface area contributed by atoms with Crippen molar-refractivity contribution in [2.75, 3.05) is 17.7 Å². The number of nitrogens with one attached hydrogen (secondary N) is 1. The Balaban J connectivity index is 1.75. The molecule has 0 fully saturated rings. The van der Waals surface area contributed by atoms with E-state index in [0.717, 1.165) is 6.07 Å². The number of alkyl halides is 3. The number of hydrogen-bond donors (Lipinski definition) is 1. The van der Waals surface area contributed by atoms with Crippen molar-refractivity contribution in [3.8, 4) is 11.4 Å². The number of pyridine rings is 3. The Kier molecular flexibility index (Phi) is 8.51. The number of benzene rings is 1. The van der Waals surface area contributed by atoms with E-state index in [1.807, 2.05) is 20.8 Å². The molecule has 0 saturated carbocycles. The van der Waals surface area contributed by atoms with Crippen molar-refractivity contribution >= 4 is 32.2 Å². The lowest BCUT2D eigenvalue weighted by molar-refractivity contribution is -0.137. The molecule has 0 aliphatic carbocycles. The van der Waals surface area contributed by atoms with E-state index in [9.17, 15) is 21.6 Å². The average Bonchev–Trinajstić information content (AvgIpc) is 2.88. The van der Waals surface area contributed by atoms with Crippen LogP contribution in [0, 0.1) is 5.92 Å². The Morgan fingerprint density at radius 1 is 1.03 bits per heavy atom. The predicted octanol–water partition coefficient (Wildman–Crippen LogP) is 6.81. The molecule has 206 valence electrons. The largest absolute Gasteiger partial charge is 0.418 e. The molecule has 0 bridgehead atoms. The molecule has 0 saturated heterocycles. The molecular weight excluding hydrogens is 529 g/mol. The summed E-state index contributed by atoms with van der Waals surface area (Å²) in [5.74, 6) is 0.370. The number of rotatable bonds is 10. The number of halogens is 3. The van der Waals surface area contributed by atoms with Gasteiger partial charge in [0.2, 0.25) is 0 Å². The number of ether oxygens (including phenoxy) is 1. The van der Waals surface area contributed by atoms with Crippen LogP contribution in [0.4, 0.5) is 24.5 Å². The van der Waals surface area contributed by atoms with Crippen LogP contribution >= 0.6 is 0 Å². The Morgan fingerprint density at radius 2 is 1.77 bits per heavy atom. The van der Waals surface area contributed by atoms with E-state index >= 15 is 0 Å². The van der Waals surface area contributed by atoms with Crippen molar-refractivity contribution in [2.24, 2.45) is 5.92 Å². The molecule has 1 aromatic carbocycles. The monoisotopic (exact) mass is 558 g/mol. The fourth-order valence-electron chi connectivity index (χ4n) is 3.99. The van der Waals surface area contributed by atoms with Crippen LogP contribution in [-0.4, -0.2) is 35.7 Å². The van der Waals surface area contributed by atoms with Gasteiger partial charge in [0.15, 0.2) is 15.5 Å². The Bertz CT molecular complexity index is 1560. The minimum Gasteiger partial charge on any atom is -0.375 e. The molecule has 1 N–H and O–H groups in total. The van der Waals surface area contributed by atoms with E-state index in [1.165, 1.54) is 18.3 Å². The molecule has 7 nitrogen and oxygen atoms in total. The lowest BCUT2D eigenvalue weighted by atomic mass is 10.1. The van der Waals surface area contributed by atoms with E-state index in [0.29, 0.717) is 41.4 Å². The summed E-state index contributed by atoms with van der Waals surface area (Å²) in [6.45, 7) is 6.53. The minimum absolute atomic E-state index is 0.0413. The van der Waals surface area contributed by atoms with Gasteiger partial charge >= 0.3 is 6.18 Å². The first-order chi connectivity index (χ1) is 18.5. The lowest BCUT2D eigenvalue weighted by Gasteiger charge is -2.15. The van der Waals surface area contributed by atoms with E-state index in [1.54, 1.807) is 36.4 Å². The number of hydrogen-bond acceptors (Lipinski definition) is 7. The molecule has 0 spiro atoms. The third kappa shape index (κ3) is 6.90. The van der Waals surface area contributed by atoms with Gasteiger partial charge < -0.3 is 10.1 Å².